The maximum Gasteiger partial charge on any atom is 0.313 e. The van der Waals surface area contributed by atoms with Crippen LogP contribution in [0.2, 0.25) is 5.02 Å². The van der Waals surface area contributed by atoms with Crippen molar-refractivity contribution in [2.45, 2.75) is 6.54 Å². The van der Waals surface area contributed by atoms with Crippen molar-refractivity contribution in [3.05, 3.63) is 47.3 Å². The summed E-state index contributed by atoms with van der Waals surface area (Å²) in [6.07, 6.45) is 1.60. The smallest absolute Gasteiger partial charge is 0.313 e. The van der Waals surface area contributed by atoms with Gasteiger partial charge in [0.2, 0.25) is 5.91 Å². The van der Waals surface area contributed by atoms with Gasteiger partial charge < -0.3 is 10.0 Å². The number of nitrogens with zero attached hydrogens (tertiary/aromatic N) is 2. The Bertz CT molecular complexity index is 711. The SMILES string of the molecule is C=CCN1C[C@@]2(C(=O)O)CN(Cc3cc(F)ccc3Cl)C[C@H]2C1=O. The molecule has 3 rings (SSSR count). The molecule has 1 N–H and O–H groups in total. The Hall–Kier alpha value is -1.92. The maximum atomic E-state index is 13.4. The van der Waals surface area contributed by atoms with Gasteiger partial charge >= 0.3 is 5.97 Å². The molecule has 1 amide bonds. The average molecular weight is 353 g/mol. The minimum Gasteiger partial charge on any atom is -0.481 e. The molecule has 1 aromatic carbocycles. The first-order valence-electron chi connectivity index (χ1n) is 7.67. The number of hydrogen-bond donors (Lipinski definition) is 1. The summed E-state index contributed by atoms with van der Waals surface area (Å²) in [7, 11) is 0. The summed E-state index contributed by atoms with van der Waals surface area (Å²) in [6, 6.07) is 4.10. The molecule has 128 valence electrons. The number of hydrogen-bond acceptors (Lipinski definition) is 3. The summed E-state index contributed by atoms with van der Waals surface area (Å²) >= 11 is 6.09. The first kappa shape index (κ1) is 16.9. The number of halogens is 2. The fourth-order valence-electron chi connectivity index (χ4n) is 3.74. The summed E-state index contributed by atoms with van der Waals surface area (Å²) < 4.78 is 13.4. The minimum absolute atomic E-state index is 0.162. The van der Waals surface area contributed by atoms with Crippen LogP contribution in [-0.2, 0) is 16.1 Å². The number of carbonyl (C=O) groups is 2. The van der Waals surface area contributed by atoms with Crippen LogP contribution in [-0.4, -0.2) is 53.0 Å². The molecule has 1 aromatic rings. The summed E-state index contributed by atoms with van der Waals surface area (Å²) in [5.41, 5.74) is -0.535. The van der Waals surface area contributed by atoms with Crippen molar-refractivity contribution in [2.75, 3.05) is 26.2 Å². The van der Waals surface area contributed by atoms with Gasteiger partial charge in [-0.2, -0.15) is 0 Å². The first-order valence-corrected chi connectivity index (χ1v) is 8.04. The lowest BCUT2D eigenvalue weighted by atomic mass is 9.81. The molecule has 0 aromatic heterocycles. The van der Waals surface area contributed by atoms with Gasteiger partial charge in [0.1, 0.15) is 11.2 Å². The van der Waals surface area contributed by atoms with Gasteiger partial charge in [-0.25, -0.2) is 4.39 Å². The molecule has 0 saturated carbocycles. The van der Waals surface area contributed by atoms with Gasteiger partial charge in [-0.3, -0.25) is 14.5 Å². The molecule has 0 bridgehead atoms. The predicted octanol–water partition coefficient (Wildman–Crippen LogP) is 2.01. The normalized spacial score (nSPS) is 26.7. The van der Waals surface area contributed by atoms with Gasteiger partial charge in [0.25, 0.3) is 0 Å². The highest BCUT2D eigenvalue weighted by Crippen LogP contribution is 2.44. The van der Waals surface area contributed by atoms with Crippen molar-refractivity contribution in [1.82, 2.24) is 9.80 Å². The molecule has 5 nitrogen and oxygen atoms in total. The Balaban J connectivity index is 1.82. The van der Waals surface area contributed by atoms with E-state index in [1.54, 1.807) is 6.08 Å². The lowest BCUT2D eigenvalue weighted by Crippen LogP contribution is -2.40. The van der Waals surface area contributed by atoms with Crippen LogP contribution >= 0.6 is 11.6 Å². The third-order valence-corrected chi connectivity index (χ3v) is 5.24. The molecule has 2 heterocycles. The molecule has 2 fully saturated rings. The Morgan fingerprint density at radius 3 is 2.88 bits per heavy atom. The van der Waals surface area contributed by atoms with E-state index in [1.807, 2.05) is 4.90 Å². The van der Waals surface area contributed by atoms with Crippen LogP contribution in [0.1, 0.15) is 5.56 Å². The molecular weight excluding hydrogens is 335 g/mol. The molecule has 0 spiro atoms. The Morgan fingerprint density at radius 1 is 1.50 bits per heavy atom. The van der Waals surface area contributed by atoms with Crippen LogP contribution in [0, 0.1) is 17.2 Å². The molecule has 2 aliphatic heterocycles. The molecule has 2 aliphatic rings. The summed E-state index contributed by atoms with van der Waals surface area (Å²) in [4.78, 5) is 27.8. The second kappa shape index (κ2) is 6.18. The number of likely N-dealkylation sites (tertiary alicyclic amines) is 2. The Kier molecular flexibility index (Phi) is 4.36. The van der Waals surface area contributed by atoms with Crippen LogP contribution in [0.5, 0.6) is 0 Å². The lowest BCUT2D eigenvalue weighted by molar-refractivity contribution is -0.149. The predicted molar refractivity (Wildman–Crippen MR) is 87.0 cm³/mol. The molecule has 24 heavy (non-hydrogen) atoms. The quantitative estimate of drug-likeness (QED) is 0.823. The van der Waals surface area contributed by atoms with Gasteiger partial charge in [-0.05, 0) is 23.8 Å². The molecule has 0 aliphatic carbocycles. The van der Waals surface area contributed by atoms with Gasteiger partial charge in [0.05, 0.1) is 5.92 Å². The summed E-state index contributed by atoms with van der Waals surface area (Å²) in [5.74, 6) is -2.12. The Morgan fingerprint density at radius 2 is 2.25 bits per heavy atom. The highest BCUT2D eigenvalue weighted by Gasteiger charge is 2.61. The number of aliphatic carboxylic acids is 1. The average Bonchev–Trinajstić information content (AvgIpc) is 3.00. The number of benzene rings is 1. The van der Waals surface area contributed by atoms with Gasteiger partial charge in [-0.1, -0.05) is 17.7 Å². The molecular formula is C17H18ClFN2O3. The zero-order valence-corrected chi connectivity index (χ0v) is 13.8. The number of fused-ring (bicyclic) bond motifs is 1. The van der Waals surface area contributed by atoms with E-state index >= 15 is 0 Å². The van der Waals surface area contributed by atoms with Crippen molar-refractivity contribution in [3.63, 3.8) is 0 Å². The van der Waals surface area contributed by atoms with Crippen LogP contribution in [0.25, 0.3) is 0 Å². The van der Waals surface area contributed by atoms with Gasteiger partial charge in [-0.15, -0.1) is 6.58 Å². The van der Waals surface area contributed by atoms with Crippen molar-refractivity contribution in [2.24, 2.45) is 11.3 Å². The van der Waals surface area contributed by atoms with E-state index in [1.165, 1.54) is 23.1 Å². The third kappa shape index (κ3) is 2.70. The maximum absolute atomic E-state index is 13.4. The van der Waals surface area contributed by atoms with E-state index in [4.69, 9.17) is 11.6 Å². The number of amides is 1. The van der Waals surface area contributed by atoms with E-state index in [9.17, 15) is 19.1 Å². The van der Waals surface area contributed by atoms with Crippen molar-refractivity contribution in [3.8, 4) is 0 Å². The van der Waals surface area contributed by atoms with Crippen LogP contribution in [0.15, 0.2) is 30.9 Å². The number of rotatable bonds is 5. The van der Waals surface area contributed by atoms with E-state index in [-0.39, 0.29) is 19.0 Å². The highest BCUT2D eigenvalue weighted by molar-refractivity contribution is 6.31. The van der Waals surface area contributed by atoms with Crippen LogP contribution < -0.4 is 0 Å². The van der Waals surface area contributed by atoms with Gasteiger partial charge in [0.15, 0.2) is 0 Å². The standard InChI is InChI=1S/C17H18ClFN2O3/c1-2-5-21-10-17(16(23)24)9-20(8-13(17)15(21)22)7-11-6-12(19)3-4-14(11)18/h2-4,6,13H,1,5,7-10H2,(H,23,24)/t13-,17-/m0/s1. The zero-order chi connectivity index (χ0) is 17.5. The highest BCUT2D eigenvalue weighted by atomic mass is 35.5. The van der Waals surface area contributed by atoms with E-state index in [2.05, 4.69) is 6.58 Å². The molecule has 7 heteroatoms. The zero-order valence-electron chi connectivity index (χ0n) is 13.0. The topological polar surface area (TPSA) is 60.9 Å². The second-order valence-corrected chi connectivity index (χ2v) is 6.83. The molecule has 0 radical (unpaired) electrons. The summed E-state index contributed by atoms with van der Waals surface area (Å²) in [6.45, 7) is 5.00. The largest absolute Gasteiger partial charge is 0.481 e. The molecule has 2 saturated heterocycles. The number of carboxylic acid groups (broad SMARTS) is 1. The van der Waals surface area contributed by atoms with E-state index in [0.29, 0.717) is 30.2 Å². The molecule has 2 atom stereocenters. The third-order valence-electron chi connectivity index (χ3n) is 4.87. The van der Waals surface area contributed by atoms with E-state index < -0.39 is 23.1 Å². The number of carbonyl (C=O) groups excluding carboxylic acids is 1. The van der Waals surface area contributed by atoms with E-state index in [0.717, 1.165) is 0 Å². The van der Waals surface area contributed by atoms with Crippen molar-refractivity contribution in [1.29, 1.82) is 0 Å². The lowest BCUT2D eigenvalue weighted by Gasteiger charge is -2.25. The van der Waals surface area contributed by atoms with Crippen molar-refractivity contribution >= 4 is 23.5 Å². The van der Waals surface area contributed by atoms with Crippen molar-refractivity contribution < 1.29 is 19.1 Å². The monoisotopic (exact) mass is 352 g/mol. The fraction of sp³-hybridized carbons (Fsp3) is 0.412. The molecule has 0 unspecified atom stereocenters. The number of carboxylic acids is 1. The van der Waals surface area contributed by atoms with Crippen LogP contribution in [0.3, 0.4) is 0 Å². The fourth-order valence-corrected chi connectivity index (χ4v) is 3.92. The summed E-state index contributed by atoms with van der Waals surface area (Å²) in [5, 5.41) is 10.2. The van der Waals surface area contributed by atoms with Crippen LogP contribution in [0.4, 0.5) is 4.39 Å². The Labute approximate surface area is 144 Å². The van der Waals surface area contributed by atoms with Gasteiger partial charge in [0, 0.05) is 37.7 Å². The minimum atomic E-state index is -1.13. The first-order chi connectivity index (χ1) is 11.4. The second-order valence-electron chi connectivity index (χ2n) is 6.43.